The second kappa shape index (κ2) is 12.2. The van der Waals surface area contributed by atoms with Crippen molar-refractivity contribution in [1.82, 2.24) is 15.2 Å². The van der Waals surface area contributed by atoms with Gasteiger partial charge in [0.05, 0.1) is 17.8 Å². The molecule has 0 aliphatic carbocycles. The number of nitrogens with zero attached hydrogens (tertiary/aromatic N) is 2. The zero-order chi connectivity index (χ0) is 29.0. The highest BCUT2D eigenvalue weighted by molar-refractivity contribution is 6.30. The molecule has 8 nitrogen and oxygen atoms in total. The highest BCUT2D eigenvalue weighted by Crippen LogP contribution is 2.35. The highest BCUT2D eigenvalue weighted by Gasteiger charge is 2.39. The second-order valence-corrected chi connectivity index (χ2v) is 9.82. The van der Waals surface area contributed by atoms with Crippen molar-refractivity contribution >= 4 is 23.4 Å². The van der Waals surface area contributed by atoms with Crippen LogP contribution in [0.15, 0.2) is 66.9 Å². The maximum absolute atomic E-state index is 13.0. The molecule has 12 heteroatoms. The van der Waals surface area contributed by atoms with Crippen LogP contribution in [0.2, 0.25) is 5.02 Å². The number of aliphatic hydroxyl groups is 2. The number of pyridine rings is 1. The number of carbonyl (C=O) groups is 2. The van der Waals surface area contributed by atoms with Crippen molar-refractivity contribution in [2.24, 2.45) is 0 Å². The van der Waals surface area contributed by atoms with Crippen LogP contribution in [0.3, 0.4) is 0 Å². The van der Waals surface area contributed by atoms with Gasteiger partial charge in [0.1, 0.15) is 5.75 Å². The van der Waals surface area contributed by atoms with Gasteiger partial charge in [-0.05, 0) is 49.6 Å². The molecule has 1 aliphatic rings. The van der Waals surface area contributed by atoms with Crippen LogP contribution in [0.25, 0.3) is 11.1 Å². The van der Waals surface area contributed by atoms with Crippen LogP contribution in [-0.2, 0) is 9.59 Å². The number of aliphatic hydroxyl groups excluding tert-OH is 2. The molecule has 0 spiro atoms. The van der Waals surface area contributed by atoms with E-state index in [1.807, 2.05) is 6.07 Å². The number of halogens is 4. The fourth-order valence-corrected chi connectivity index (χ4v) is 4.85. The number of para-hydroxylation sites is 1. The van der Waals surface area contributed by atoms with Gasteiger partial charge in [0.2, 0.25) is 0 Å². The van der Waals surface area contributed by atoms with Crippen molar-refractivity contribution < 1.29 is 37.7 Å². The standard InChI is InChI=1S/C28H27ClF3N3O5/c1-16(21-12-11-18(15-33-21)20-8-2-3-10-23(20)40-28(30,31)32)34-26(38)24(36)25(37)27(39)35-13-5-9-22(35)17-6-4-7-19(29)14-17/h2-4,6-8,10-12,14-16,22,24-25,36-37H,5,9,13H2,1H3,(H,34,38)/t16?,22-,24-,25-/m1/s1. The summed E-state index contributed by atoms with van der Waals surface area (Å²) in [5, 5.41) is 24.0. The van der Waals surface area contributed by atoms with Crippen LogP contribution in [-0.4, -0.2) is 57.0 Å². The van der Waals surface area contributed by atoms with Gasteiger partial charge in [-0.25, -0.2) is 0 Å². The smallest absolute Gasteiger partial charge is 0.405 e. The van der Waals surface area contributed by atoms with E-state index in [1.54, 1.807) is 31.2 Å². The summed E-state index contributed by atoms with van der Waals surface area (Å²) in [7, 11) is 0. The van der Waals surface area contributed by atoms with Gasteiger partial charge in [0.25, 0.3) is 11.8 Å². The minimum Gasteiger partial charge on any atom is -0.405 e. The number of alkyl halides is 3. The number of nitrogens with one attached hydrogen (secondary N) is 1. The number of rotatable bonds is 8. The van der Waals surface area contributed by atoms with Gasteiger partial charge in [-0.1, -0.05) is 48.0 Å². The summed E-state index contributed by atoms with van der Waals surface area (Å²) in [6.07, 6.45) is -6.24. The Kier molecular flexibility index (Phi) is 8.97. The summed E-state index contributed by atoms with van der Waals surface area (Å²) in [5.74, 6) is -2.15. The monoisotopic (exact) mass is 577 g/mol. The van der Waals surface area contributed by atoms with E-state index in [9.17, 15) is 33.0 Å². The lowest BCUT2D eigenvalue weighted by atomic mass is 10.0. The van der Waals surface area contributed by atoms with E-state index < -0.39 is 36.4 Å². The number of aromatic nitrogens is 1. The molecule has 2 aromatic carbocycles. The number of benzene rings is 2. The average Bonchev–Trinajstić information content (AvgIpc) is 3.41. The number of hydrogen-bond donors (Lipinski definition) is 3. The summed E-state index contributed by atoms with van der Waals surface area (Å²) >= 11 is 6.08. The third-order valence-electron chi connectivity index (χ3n) is 6.60. The molecular formula is C28H27ClF3N3O5. The summed E-state index contributed by atoms with van der Waals surface area (Å²) in [5.41, 5.74) is 1.65. The molecule has 1 saturated heterocycles. The molecule has 40 heavy (non-hydrogen) atoms. The van der Waals surface area contributed by atoms with Gasteiger partial charge in [-0.2, -0.15) is 0 Å². The van der Waals surface area contributed by atoms with Gasteiger partial charge in [0, 0.05) is 28.9 Å². The largest absolute Gasteiger partial charge is 0.573 e. The predicted molar refractivity (Wildman–Crippen MR) is 140 cm³/mol. The normalized spacial score (nSPS) is 17.7. The minimum absolute atomic E-state index is 0.172. The Morgan fingerprint density at radius 1 is 1.10 bits per heavy atom. The van der Waals surface area contributed by atoms with Gasteiger partial charge in [0.15, 0.2) is 12.2 Å². The van der Waals surface area contributed by atoms with Crippen LogP contribution in [0.5, 0.6) is 5.75 Å². The molecule has 1 unspecified atom stereocenters. The number of amides is 2. The zero-order valence-electron chi connectivity index (χ0n) is 21.3. The molecule has 2 heterocycles. The van der Waals surface area contributed by atoms with Crippen molar-refractivity contribution in [1.29, 1.82) is 0 Å². The van der Waals surface area contributed by atoms with E-state index in [0.717, 1.165) is 5.56 Å². The van der Waals surface area contributed by atoms with E-state index in [0.29, 0.717) is 35.7 Å². The molecule has 4 rings (SSSR count). The molecule has 0 radical (unpaired) electrons. The SMILES string of the molecule is CC(NC(=O)[C@H](O)[C@@H](O)C(=O)N1CCC[C@@H]1c1cccc(Cl)c1)c1ccc(-c2ccccc2OC(F)(F)F)cn1. The third kappa shape index (κ3) is 6.90. The summed E-state index contributed by atoms with van der Waals surface area (Å²) < 4.78 is 42.4. The molecule has 3 aromatic rings. The molecule has 1 aliphatic heterocycles. The summed E-state index contributed by atoms with van der Waals surface area (Å²) in [4.78, 5) is 31.3. The fraction of sp³-hybridized carbons (Fsp3) is 0.321. The molecule has 1 aromatic heterocycles. The molecule has 2 amide bonds. The molecule has 3 N–H and O–H groups in total. The lowest BCUT2D eigenvalue weighted by Crippen LogP contribution is -2.51. The Balaban J connectivity index is 1.40. The molecular weight excluding hydrogens is 551 g/mol. The Labute approximate surface area is 233 Å². The number of hydrogen-bond acceptors (Lipinski definition) is 6. The molecule has 0 saturated carbocycles. The number of likely N-dealkylation sites (tertiary alicyclic amines) is 1. The lowest BCUT2D eigenvalue weighted by molar-refractivity contribution is -0.274. The predicted octanol–water partition coefficient (Wildman–Crippen LogP) is 4.56. The first-order valence-electron chi connectivity index (χ1n) is 12.5. The van der Waals surface area contributed by atoms with Crippen molar-refractivity contribution in [2.45, 2.75) is 50.4 Å². The van der Waals surface area contributed by atoms with Crippen LogP contribution in [0.1, 0.15) is 43.1 Å². The van der Waals surface area contributed by atoms with E-state index in [2.05, 4.69) is 15.0 Å². The van der Waals surface area contributed by atoms with E-state index in [-0.39, 0.29) is 17.4 Å². The van der Waals surface area contributed by atoms with Crippen molar-refractivity contribution in [3.05, 3.63) is 83.1 Å². The first-order chi connectivity index (χ1) is 18.9. The highest BCUT2D eigenvalue weighted by atomic mass is 35.5. The summed E-state index contributed by atoms with van der Waals surface area (Å²) in [6.45, 7) is 1.92. The lowest BCUT2D eigenvalue weighted by Gasteiger charge is -2.29. The first kappa shape index (κ1) is 29.3. The average molecular weight is 578 g/mol. The van der Waals surface area contributed by atoms with E-state index >= 15 is 0 Å². The van der Waals surface area contributed by atoms with E-state index in [4.69, 9.17) is 11.6 Å². The first-order valence-corrected chi connectivity index (χ1v) is 12.9. The molecule has 212 valence electrons. The Morgan fingerprint density at radius 3 is 2.52 bits per heavy atom. The Bertz CT molecular complexity index is 1360. The maximum Gasteiger partial charge on any atom is 0.573 e. The topological polar surface area (TPSA) is 112 Å². The zero-order valence-corrected chi connectivity index (χ0v) is 22.1. The van der Waals surface area contributed by atoms with E-state index in [1.165, 1.54) is 41.4 Å². The Morgan fingerprint density at radius 2 is 1.85 bits per heavy atom. The van der Waals surface area contributed by atoms with Gasteiger partial charge >= 0.3 is 6.36 Å². The maximum atomic E-state index is 13.0. The van der Waals surface area contributed by atoms with Crippen LogP contribution < -0.4 is 10.1 Å². The van der Waals surface area contributed by atoms with Crippen LogP contribution in [0, 0.1) is 0 Å². The number of carbonyl (C=O) groups excluding carboxylic acids is 2. The molecule has 0 bridgehead atoms. The summed E-state index contributed by atoms with van der Waals surface area (Å²) in [6, 6.07) is 14.5. The fourth-order valence-electron chi connectivity index (χ4n) is 4.65. The van der Waals surface area contributed by atoms with Gasteiger partial charge in [-0.15, -0.1) is 13.2 Å². The van der Waals surface area contributed by atoms with Crippen LogP contribution in [0.4, 0.5) is 13.2 Å². The molecule has 1 fully saturated rings. The quantitative estimate of drug-likeness (QED) is 0.362. The van der Waals surface area contributed by atoms with Crippen LogP contribution >= 0.6 is 11.6 Å². The van der Waals surface area contributed by atoms with Gasteiger partial charge in [-0.3, -0.25) is 14.6 Å². The Hall–Kier alpha value is -3.67. The van der Waals surface area contributed by atoms with Crippen molar-refractivity contribution in [3.63, 3.8) is 0 Å². The number of ether oxygens (including phenoxy) is 1. The minimum atomic E-state index is -4.86. The van der Waals surface area contributed by atoms with Gasteiger partial charge < -0.3 is 25.2 Å². The second-order valence-electron chi connectivity index (χ2n) is 9.38. The van der Waals surface area contributed by atoms with Crippen molar-refractivity contribution in [2.75, 3.05) is 6.54 Å². The third-order valence-corrected chi connectivity index (χ3v) is 6.84. The molecule has 4 atom stereocenters. The van der Waals surface area contributed by atoms with Crippen molar-refractivity contribution in [3.8, 4) is 16.9 Å².